The molecular formula is C16H33NO3. The lowest BCUT2D eigenvalue weighted by atomic mass is 9.97. The third kappa shape index (κ3) is 9.70. The zero-order chi connectivity index (χ0) is 14.6. The molecule has 0 amide bonds. The van der Waals surface area contributed by atoms with Crippen LogP contribution < -0.4 is 5.32 Å². The molecule has 20 heavy (non-hydrogen) atoms. The van der Waals surface area contributed by atoms with Crippen LogP contribution in [0.15, 0.2) is 0 Å². The first-order chi connectivity index (χ1) is 9.68. The van der Waals surface area contributed by atoms with Crippen molar-refractivity contribution < 1.29 is 14.6 Å². The molecule has 0 heterocycles. The summed E-state index contributed by atoms with van der Waals surface area (Å²) in [5.74, 6) is 0. The van der Waals surface area contributed by atoms with Gasteiger partial charge in [0, 0.05) is 12.6 Å². The third-order valence-corrected chi connectivity index (χ3v) is 3.74. The van der Waals surface area contributed by atoms with Gasteiger partial charge < -0.3 is 19.9 Å². The van der Waals surface area contributed by atoms with Gasteiger partial charge in [-0.15, -0.1) is 0 Å². The maximum atomic E-state index is 9.89. The molecule has 0 radical (unpaired) electrons. The molecule has 1 fully saturated rings. The molecule has 0 aromatic carbocycles. The standard InChI is InChI=1S/C16H33NO3/c1-14(2)20-11-10-19-13-16(18)12-17-15-8-6-4-3-5-7-9-15/h14-18H,3-13H2,1-2H3. The molecule has 2 N–H and O–H groups in total. The molecule has 0 bridgehead atoms. The smallest absolute Gasteiger partial charge is 0.0897 e. The fraction of sp³-hybridized carbons (Fsp3) is 1.00. The second-order valence-corrected chi connectivity index (χ2v) is 6.10. The van der Waals surface area contributed by atoms with E-state index in [-0.39, 0.29) is 6.10 Å². The van der Waals surface area contributed by atoms with Gasteiger partial charge in [0.25, 0.3) is 0 Å². The molecule has 1 atom stereocenters. The zero-order valence-electron chi connectivity index (χ0n) is 13.3. The molecule has 0 saturated heterocycles. The van der Waals surface area contributed by atoms with Crippen LogP contribution in [0.25, 0.3) is 0 Å². The summed E-state index contributed by atoms with van der Waals surface area (Å²) in [6, 6.07) is 0.578. The summed E-state index contributed by atoms with van der Waals surface area (Å²) in [6.07, 6.45) is 9.06. The Morgan fingerprint density at radius 2 is 1.70 bits per heavy atom. The predicted octanol–water partition coefficient (Wildman–Crippen LogP) is 2.49. The molecular weight excluding hydrogens is 254 g/mol. The van der Waals surface area contributed by atoms with Crippen LogP contribution in [0.4, 0.5) is 0 Å². The van der Waals surface area contributed by atoms with Gasteiger partial charge in [-0.25, -0.2) is 0 Å². The summed E-state index contributed by atoms with van der Waals surface area (Å²) in [5, 5.41) is 13.4. The van der Waals surface area contributed by atoms with Gasteiger partial charge in [0.1, 0.15) is 0 Å². The number of rotatable bonds is 9. The monoisotopic (exact) mass is 287 g/mol. The van der Waals surface area contributed by atoms with E-state index >= 15 is 0 Å². The minimum atomic E-state index is -0.417. The van der Waals surface area contributed by atoms with Crippen molar-refractivity contribution in [2.75, 3.05) is 26.4 Å². The molecule has 1 unspecified atom stereocenters. The van der Waals surface area contributed by atoms with E-state index in [4.69, 9.17) is 9.47 Å². The first-order valence-corrected chi connectivity index (χ1v) is 8.29. The Kier molecular flexibility index (Phi) is 10.3. The minimum absolute atomic E-state index is 0.240. The van der Waals surface area contributed by atoms with Crippen LogP contribution in [0.2, 0.25) is 0 Å². The van der Waals surface area contributed by atoms with Gasteiger partial charge in [-0.1, -0.05) is 32.1 Å². The second kappa shape index (κ2) is 11.5. The molecule has 0 spiro atoms. The predicted molar refractivity (Wildman–Crippen MR) is 82.0 cm³/mol. The van der Waals surface area contributed by atoms with Gasteiger partial charge >= 0.3 is 0 Å². The molecule has 1 saturated carbocycles. The molecule has 1 aliphatic carbocycles. The van der Waals surface area contributed by atoms with E-state index in [1.807, 2.05) is 13.8 Å². The van der Waals surface area contributed by atoms with Crippen LogP contribution >= 0.6 is 0 Å². The average molecular weight is 287 g/mol. The van der Waals surface area contributed by atoms with Crippen molar-refractivity contribution in [3.05, 3.63) is 0 Å². The summed E-state index contributed by atoms with van der Waals surface area (Å²) in [6.45, 7) is 6.19. The molecule has 0 aromatic rings. The van der Waals surface area contributed by atoms with Gasteiger partial charge in [-0.3, -0.25) is 0 Å². The molecule has 4 nitrogen and oxygen atoms in total. The van der Waals surface area contributed by atoms with Crippen LogP contribution in [0.1, 0.15) is 58.8 Å². The summed E-state index contributed by atoms with van der Waals surface area (Å²) in [7, 11) is 0. The number of hydrogen-bond acceptors (Lipinski definition) is 4. The minimum Gasteiger partial charge on any atom is -0.389 e. The molecule has 0 aromatic heterocycles. The zero-order valence-corrected chi connectivity index (χ0v) is 13.3. The Balaban J connectivity index is 1.99. The maximum absolute atomic E-state index is 9.89. The molecule has 1 rings (SSSR count). The van der Waals surface area contributed by atoms with E-state index in [0.717, 1.165) is 0 Å². The van der Waals surface area contributed by atoms with Crippen molar-refractivity contribution in [2.45, 2.75) is 77.0 Å². The molecule has 0 aliphatic heterocycles. The number of ether oxygens (including phenoxy) is 2. The third-order valence-electron chi connectivity index (χ3n) is 3.74. The largest absolute Gasteiger partial charge is 0.389 e. The van der Waals surface area contributed by atoms with Crippen molar-refractivity contribution in [1.29, 1.82) is 0 Å². The van der Waals surface area contributed by atoms with E-state index in [9.17, 15) is 5.11 Å². The van der Waals surface area contributed by atoms with Crippen molar-refractivity contribution in [3.8, 4) is 0 Å². The topological polar surface area (TPSA) is 50.7 Å². The molecule has 1 aliphatic rings. The quantitative estimate of drug-likeness (QED) is 0.640. The Morgan fingerprint density at radius 1 is 1.05 bits per heavy atom. The Bertz CT molecular complexity index is 216. The molecule has 120 valence electrons. The summed E-state index contributed by atoms with van der Waals surface area (Å²) in [4.78, 5) is 0. The fourth-order valence-corrected chi connectivity index (χ4v) is 2.58. The van der Waals surface area contributed by atoms with Crippen LogP contribution in [0, 0.1) is 0 Å². The molecule has 4 heteroatoms. The normalized spacial score (nSPS) is 19.8. The highest BCUT2D eigenvalue weighted by Crippen LogP contribution is 2.16. The highest BCUT2D eigenvalue weighted by atomic mass is 16.5. The summed E-state index contributed by atoms with van der Waals surface area (Å²) < 4.78 is 10.8. The Labute approximate surface area is 124 Å². The van der Waals surface area contributed by atoms with E-state index in [1.54, 1.807) is 0 Å². The Hall–Kier alpha value is -0.160. The first-order valence-electron chi connectivity index (χ1n) is 8.29. The summed E-state index contributed by atoms with van der Waals surface area (Å²) >= 11 is 0. The maximum Gasteiger partial charge on any atom is 0.0897 e. The summed E-state index contributed by atoms with van der Waals surface area (Å²) in [5.41, 5.74) is 0. The lowest BCUT2D eigenvalue weighted by Crippen LogP contribution is -2.38. The van der Waals surface area contributed by atoms with Crippen LogP contribution in [-0.4, -0.2) is 49.7 Å². The lowest BCUT2D eigenvalue weighted by Gasteiger charge is -2.22. The number of hydrogen-bond donors (Lipinski definition) is 2. The van der Waals surface area contributed by atoms with Crippen molar-refractivity contribution in [3.63, 3.8) is 0 Å². The first kappa shape index (κ1) is 17.9. The van der Waals surface area contributed by atoms with Crippen molar-refractivity contribution >= 4 is 0 Å². The average Bonchev–Trinajstić information content (AvgIpc) is 2.36. The van der Waals surface area contributed by atoms with E-state index in [0.29, 0.717) is 32.4 Å². The van der Waals surface area contributed by atoms with Gasteiger partial charge in [-0.05, 0) is 26.7 Å². The van der Waals surface area contributed by atoms with Gasteiger partial charge in [0.05, 0.1) is 32.0 Å². The van der Waals surface area contributed by atoms with Crippen LogP contribution in [0.5, 0.6) is 0 Å². The lowest BCUT2D eigenvalue weighted by molar-refractivity contribution is -0.0106. The number of aliphatic hydroxyl groups is 1. The second-order valence-electron chi connectivity index (χ2n) is 6.10. The van der Waals surface area contributed by atoms with E-state index in [1.165, 1.54) is 44.9 Å². The van der Waals surface area contributed by atoms with Crippen LogP contribution in [-0.2, 0) is 9.47 Å². The SMILES string of the molecule is CC(C)OCCOCC(O)CNC1CCCCCCC1. The van der Waals surface area contributed by atoms with E-state index < -0.39 is 6.10 Å². The highest BCUT2D eigenvalue weighted by Gasteiger charge is 2.12. The van der Waals surface area contributed by atoms with E-state index in [2.05, 4.69) is 5.32 Å². The number of nitrogens with one attached hydrogen (secondary N) is 1. The Morgan fingerprint density at radius 3 is 2.35 bits per heavy atom. The van der Waals surface area contributed by atoms with Gasteiger partial charge in [0.15, 0.2) is 0 Å². The number of aliphatic hydroxyl groups excluding tert-OH is 1. The van der Waals surface area contributed by atoms with Crippen LogP contribution in [0.3, 0.4) is 0 Å². The van der Waals surface area contributed by atoms with Crippen molar-refractivity contribution in [1.82, 2.24) is 5.32 Å². The van der Waals surface area contributed by atoms with Gasteiger partial charge in [-0.2, -0.15) is 0 Å². The fourth-order valence-electron chi connectivity index (χ4n) is 2.58. The highest BCUT2D eigenvalue weighted by molar-refractivity contribution is 4.71. The van der Waals surface area contributed by atoms with Crippen molar-refractivity contribution in [2.24, 2.45) is 0 Å². The van der Waals surface area contributed by atoms with Gasteiger partial charge in [0.2, 0.25) is 0 Å².